The second kappa shape index (κ2) is 6.26. The maximum Gasteiger partial charge on any atom is 0.0949 e. The Balaban J connectivity index is 1.72. The molecular weight excluding hydrogens is 302 g/mol. The number of para-hydroxylation sites is 1. The summed E-state index contributed by atoms with van der Waals surface area (Å²) in [4.78, 5) is 5.48. The van der Waals surface area contributed by atoms with Crippen LogP contribution >= 0.6 is 10.7 Å². The average Bonchev–Trinajstić information content (AvgIpc) is 3.27. The number of hydrogen-bond donors (Lipinski definition) is 0. The van der Waals surface area contributed by atoms with Crippen molar-refractivity contribution in [3.05, 3.63) is 91.2 Å². The van der Waals surface area contributed by atoms with Crippen LogP contribution in [0, 0.1) is 0 Å². The van der Waals surface area contributed by atoms with E-state index in [1.165, 1.54) is 16.3 Å². The Hall–Kier alpha value is -2.59. The molecule has 3 aromatic rings. The third kappa shape index (κ3) is 2.85. The lowest BCUT2D eigenvalue weighted by Crippen LogP contribution is -2.17. The highest BCUT2D eigenvalue weighted by Gasteiger charge is 2.21. The molecule has 0 fully saturated rings. The molecule has 1 unspecified atom stereocenters. The Labute approximate surface area is 138 Å². The van der Waals surface area contributed by atoms with Crippen molar-refractivity contribution in [3.63, 3.8) is 0 Å². The maximum atomic E-state index is 4.15. The summed E-state index contributed by atoms with van der Waals surface area (Å²) < 4.78 is 4.53. The molecule has 0 aliphatic carbocycles. The Morgan fingerprint density at radius 2 is 1.65 bits per heavy atom. The normalized spacial score (nSPS) is 17.0. The molecule has 0 radical (unpaired) electrons. The Morgan fingerprint density at radius 3 is 2.35 bits per heavy atom. The van der Waals surface area contributed by atoms with E-state index in [1.54, 1.807) is 0 Å². The number of benzene rings is 2. The number of allylic oxidation sites excluding steroid dienone is 2. The predicted octanol–water partition coefficient (Wildman–Crippen LogP) is 4.33. The number of nitrogens with zero attached hydrogens (tertiary/aromatic N) is 3. The van der Waals surface area contributed by atoms with Gasteiger partial charge in [-0.05, 0) is 35.7 Å². The molecule has 23 heavy (non-hydrogen) atoms. The molecule has 0 amide bonds. The summed E-state index contributed by atoms with van der Waals surface area (Å²) >= 11 is 0. The minimum atomic E-state index is -0.0890. The second-order valence-corrected chi connectivity index (χ2v) is 7.02. The quantitative estimate of drug-likeness (QED) is 0.667. The largest absolute Gasteiger partial charge is 0.332 e. The van der Waals surface area contributed by atoms with Gasteiger partial charge in [-0.25, -0.2) is 4.98 Å². The number of anilines is 1. The fourth-order valence-electron chi connectivity index (χ4n) is 2.67. The van der Waals surface area contributed by atoms with Crippen LogP contribution in [0.2, 0.25) is 0 Å². The van der Waals surface area contributed by atoms with E-state index in [-0.39, 0.29) is 10.7 Å². The van der Waals surface area contributed by atoms with Crippen LogP contribution in [0.1, 0.15) is 0 Å². The van der Waals surface area contributed by atoms with Gasteiger partial charge in [-0.15, -0.1) is 0 Å². The van der Waals surface area contributed by atoms with Gasteiger partial charge < -0.3 is 4.57 Å². The van der Waals surface area contributed by atoms with Crippen molar-refractivity contribution in [1.82, 2.24) is 9.55 Å². The van der Waals surface area contributed by atoms with Gasteiger partial charge in [-0.1, -0.05) is 47.1 Å². The second-order valence-electron chi connectivity index (χ2n) is 5.29. The lowest BCUT2D eigenvalue weighted by molar-refractivity contribution is 0.777. The third-order valence-electron chi connectivity index (χ3n) is 3.73. The van der Waals surface area contributed by atoms with Crippen molar-refractivity contribution in [2.75, 3.05) is 4.31 Å². The van der Waals surface area contributed by atoms with Gasteiger partial charge in [0.25, 0.3) is 0 Å². The SMILES string of the molecule is C1=C(Cn2ccnc2)N(c2ccccc2)S(c2ccccc2)=C1. The molecule has 4 heteroatoms. The topological polar surface area (TPSA) is 21.1 Å². The highest BCUT2D eigenvalue weighted by molar-refractivity contribution is 8.16. The lowest BCUT2D eigenvalue weighted by atomic mass is 10.3. The molecule has 2 aromatic carbocycles. The zero-order chi connectivity index (χ0) is 15.5. The van der Waals surface area contributed by atoms with Gasteiger partial charge in [-0.3, -0.25) is 4.31 Å². The first-order valence-corrected chi connectivity index (χ1v) is 8.79. The molecule has 3 nitrogen and oxygen atoms in total. The molecule has 0 saturated carbocycles. The molecule has 0 saturated heterocycles. The van der Waals surface area contributed by atoms with E-state index in [2.05, 4.69) is 86.0 Å². The smallest absolute Gasteiger partial charge is 0.0949 e. The van der Waals surface area contributed by atoms with Gasteiger partial charge in [0.05, 0.1) is 24.3 Å². The molecule has 1 atom stereocenters. The highest BCUT2D eigenvalue weighted by atomic mass is 32.2. The molecule has 0 bridgehead atoms. The number of rotatable bonds is 4. The van der Waals surface area contributed by atoms with Crippen LogP contribution in [0.3, 0.4) is 0 Å². The van der Waals surface area contributed by atoms with Crippen LogP contribution in [0.25, 0.3) is 0 Å². The van der Waals surface area contributed by atoms with E-state index in [1.807, 2.05) is 18.7 Å². The van der Waals surface area contributed by atoms with Crippen LogP contribution in [0.5, 0.6) is 0 Å². The van der Waals surface area contributed by atoms with Gasteiger partial charge >= 0.3 is 0 Å². The molecule has 1 aromatic heterocycles. The van der Waals surface area contributed by atoms with Gasteiger partial charge in [0.2, 0.25) is 0 Å². The summed E-state index contributed by atoms with van der Waals surface area (Å²) in [5.41, 5.74) is 2.50. The fourth-order valence-corrected chi connectivity index (χ4v) is 4.60. The van der Waals surface area contributed by atoms with Crippen LogP contribution in [-0.2, 0) is 6.54 Å². The van der Waals surface area contributed by atoms with E-state index in [0.717, 1.165) is 6.54 Å². The van der Waals surface area contributed by atoms with E-state index in [9.17, 15) is 0 Å². The zero-order valence-electron chi connectivity index (χ0n) is 12.6. The van der Waals surface area contributed by atoms with Gasteiger partial charge in [-0.2, -0.15) is 0 Å². The zero-order valence-corrected chi connectivity index (χ0v) is 13.4. The molecule has 4 rings (SSSR count). The fraction of sp³-hybridized carbons (Fsp3) is 0.0526. The number of imidazole rings is 1. The van der Waals surface area contributed by atoms with Gasteiger partial charge in [0, 0.05) is 17.3 Å². The van der Waals surface area contributed by atoms with E-state index in [0.29, 0.717) is 0 Å². The van der Waals surface area contributed by atoms with Crippen molar-refractivity contribution in [2.45, 2.75) is 11.4 Å². The van der Waals surface area contributed by atoms with Crippen LogP contribution in [-0.4, -0.2) is 14.9 Å². The standard InChI is InChI=1S/C19H17N3S/c1-3-7-17(8-4-1)22-18(15-21-13-12-20-16-21)11-14-23(22)19-9-5-2-6-10-19/h1-14,16H,15H2. The Bertz CT molecular complexity index is 837. The first-order valence-electron chi connectivity index (χ1n) is 7.55. The third-order valence-corrected chi connectivity index (χ3v) is 5.71. The summed E-state index contributed by atoms with van der Waals surface area (Å²) in [5, 5.41) is 2.30. The van der Waals surface area contributed by atoms with Crippen LogP contribution in [0.15, 0.2) is 96.1 Å². The first kappa shape index (κ1) is 14.0. The summed E-state index contributed by atoms with van der Waals surface area (Å²) in [6.45, 7) is 0.821. The van der Waals surface area contributed by atoms with E-state index >= 15 is 0 Å². The highest BCUT2D eigenvalue weighted by Crippen LogP contribution is 2.41. The van der Waals surface area contributed by atoms with Crippen molar-refractivity contribution < 1.29 is 0 Å². The van der Waals surface area contributed by atoms with Crippen LogP contribution < -0.4 is 4.31 Å². The monoisotopic (exact) mass is 319 g/mol. The first-order chi connectivity index (χ1) is 11.4. The summed E-state index contributed by atoms with van der Waals surface area (Å²) in [6, 6.07) is 21.3. The molecule has 1 aliphatic rings. The van der Waals surface area contributed by atoms with Crippen molar-refractivity contribution in [3.8, 4) is 0 Å². The molecule has 0 spiro atoms. The summed E-state index contributed by atoms with van der Waals surface area (Å²) in [5.74, 6) is 0. The Kier molecular flexibility index (Phi) is 3.82. The summed E-state index contributed by atoms with van der Waals surface area (Å²) in [7, 11) is -0.0890. The molecule has 1 aliphatic heterocycles. The van der Waals surface area contributed by atoms with Gasteiger partial charge in [0.15, 0.2) is 0 Å². The minimum Gasteiger partial charge on any atom is -0.332 e. The average molecular weight is 319 g/mol. The van der Waals surface area contributed by atoms with Crippen molar-refractivity contribution in [2.24, 2.45) is 0 Å². The van der Waals surface area contributed by atoms with E-state index in [4.69, 9.17) is 0 Å². The van der Waals surface area contributed by atoms with E-state index < -0.39 is 0 Å². The number of hydrogen-bond acceptors (Lipinski definition) is 2. The lowest BCUT2D eigenvalue weighted by Gasteiger charge is -2.27. The van der Waals surface area contributed by atoms with Crippen molar-refractivity contribution >= 4 is 21.7 Å². The molecule has 2 heterocycles. The summed E-state index contributed by atoms with van der Waals surface area (Å²) in [6.07, 6.45) is 7.93. The Morgan fingerprint density at radius 1 is 0.913 bits per heavy atom. The maximum absolute atomic E-state index is 4.15. The van der Waals surface area contributed by atoms with Gasteiger partial charge in [0.1, 0.15) is 0 Å². The predicted molar refractivity (Wildman–Crippen MR) is 97.6 cm³/mol. The molecule has 0 N–H and O–H groups in total. The number of aromatic nitrogens is 2. The molecular formula is C19H17N3S. The van der Waals surface area contributed by atoms with Crippen molar-refractivity contribution in [1.29, 1.82) is 0 Å². The molecule has 114 valence electrons. The van der Waals surface area contributed by atoms with Crippen LogP contribution in [0.4, 0.5) is 5.69 Å². The minimum absolute atomic E-state index is 0.0890.